The van der Waals surface area contributed by atoms with Gasteiger partial charge in [-0.15, -0.1) is 0 Å². The third-order valence-electron chi connectivity index (χ3n) is 7.87. The molecule has 1 heterocycles. The number of halogens is 3. The van der Waals surface area contributed by atoms with Crippen molar-refractivity contribution >= 4 is 0 Å². The number of rotatable bonds is 20. The Hall–Kier alpha value is -1.15. The Morgan fingerprint density at radius 1 is 0.711 bits per heavy atom. The maximum absolute atomic E-state index is 12.9. The summed E-state index contributed by atoms with van der Waals surface area (Å²) in [6.45, 7) is 6.13. The van der Waals surface area contributed by atoms with Crippen LogP contribution in [0.2, 0.25) is 0 Å². The molecule has 2 N–H and O–H groups in total. The molecule has 0 radical (unpaired) electrons. The number of hydrogen-bond donors (Lipinski definition) is 2. The number of piperazine rings is 1. The van der Waals surface area contributed by atoms with E-state index >= 15 is 0 Å². The summed E-state index contributed by atoms with van der Waals surface area (Å²) in [6.07, 6.45) is 13.0. The summed E-state index contributed by atoms with van der Waals surface area (Å²) in [6, 6.07) is 5.53. The first-order valence-corrected chi connectivity index (χ1v) is 15.3. The summed E-state index contributed by atoms with van der Waals surface area (Å²) in [7, 11) is 0. The van der Waals surface area contributed by atoms with Crippen molar-refractivity contribution in [2.45, 2.75) is 128 Å². The first-order valence-electron chi connectivity index (χ1n) is 15.3. The van der Waals surface area contributed by atoms with Gasteiger partial charge in [-0.1, -0.05) is 115 Å². The quantitative estimate of drug-likeness (QED) is 0.168. The molecule has 4 nitrogen and oxygen atoms in total. The average Bonchev–Trinajstić information content (AvgIpc) is 2.89. The van der Waals surface area contributed by atoms with Gasteiger partial charge in [0.15, 0.2) is 0 Å². The van der Waals surface area contributed by atoms with Crippen molar-refractivity contribution in [3.05, 3.63) is 35.4 Å². The van der Waals surface area contributed by atoms with Crippen LogP contribution in [0.25, 0.3) is 0 Å². The minimum absolute atomic E-state index is 0.442. The van der Waals surface area contributed by atoms with E-state index < -0.39 is 23.9 Å². The molecule has 1 fully saturated rings. The summed E-state index contributed by atoms with van der Waals surface area (Å²) < 4.78 is 38.8. The van der Waals surface area contributed by atoms with E-state index in [0.29, 0.717) is 25.1 Å². The van der Waals surface area contributed by atoms with Gasteiger partial charge in [0.05, 0.1) is 17.8 Å². The molecule has 1 aromatic rings. The highest BCUT2D eigenvalue weighted by Gasteiger charge is 2.30. The van der Waals surface area contributed by atoms with Crippen molar-refractivity contribution in [1.82, 2.24) is 9.80 Å². The molecule has 2 unspecified atom stereocenters. The van der Waals surface area contributed by atoms with Crippen LogP contribution in [0.15, 0.2) is 24.3 Å². The summed E-state index contributed by atoms with van der Waals surface area (Å²) in [5.41, 5.74) is 0.0569. The molecule has 1 aliphatic rings. The lowest BCUT2D eigenvalue weighted by Gasteiger charge is -2.36. The fraction of sp³-hybridized carbons (Fsp3) is 0.806. The molecular formula is C31H53F3N2O2. The molecule has 1 aromatic carbocycles. The third-order valence-corrected chi connectivity index (χ3v) is 7.87. The van der Waals surface area contributed by atoms with Crippen LogP contribution in [0.1, 0.15) is 114 Å². The van der Waals surface area contributed by atoms with Gasteiger partial charge in [0.1, 0.15) is 0 Å². The van der Waals surface area contributed by atoms with Crippen molar-refractivity contribution in [2.24, 2.45) is 0 Å². The summed E-state index contributed by atoms with van der Waals surface area (Å²) in [5.74, 6) is 0. The largest absolute Gasteiger partial charge is 0.416 e. The Morgan fingerprint density at radius 3 is 1.74 bits per heavy atom. The second-order valence-electron chi connectivity index (χ2n) is 11.3. The molecule has 2 rings (SSSR count). The van der Waals surface area contributed by atoms with E-state index in [2.05, 4.69) is 16.7 Å². The third kappa shape index (κ3) is 14.3. The first kappa shape index (κ1) is 33.1. The van der Waals surface area contributed by atoms with Crippen LogP contribution < -0.4 is 0 Å². The lowest BCUT2D eigenvalue weighted by Crippen LogP contribution is -2.49. The number of unbranched alkanes of at least 4 members (excludes halogenated alkanes) is 13. The molecule has 0 bridgehead atoms. The zero-order valence-corrected chi connectivity index (χ0v) is 23.7. The van der Waals surface area contributed by atoms with Crippen molar-refractivity contribution in [2.75, 3.05) is 32.7 Å². The molecule has 2 atom stereocenters. The lowest BCUT2D eigenvalue weighted by atomic mass is 10.0. The van der Waals surface area contributed by atoms with Crippen LogP contribution in [0.3, 0.4) is 0 Å². The number of benzene rings is 1. The number of alkyl halides is 3. The van der Waals surface area contributed by atoms with Crippen LogP contribution in [-0.4, -0.2) is 64.9 Å². The van der Waals surface area contributed by atoms with Gasteiger partial charge < -0.3 is 10.2 Å². The Kier molecular flexibility index (Phi) is 16.5. The molecule has 38 heavy (non-hydrogen) atoms. The fourth-order valence-electron chi connectivity index (χ4n) is 5.36. The standard InChI is InChI=1S/C31H53F3N2O2/c1-2-3-4-5-6-7-8-9-10-11-12-13-14-15-19-29(37)30(38)26-36-22-20-35(21-23-36)25-27-17-16-18-28(24-27)31(32,33)34/h16-18,24,29-30,37-38H,2-15,19-23,25-26H2,1H3. The average molecular weight is 543 g/mol. The SMILES string of the molecule is CCCCCCCCCCCCCCCCC(O)C(O)CN1CCN(Cc2cccc(C(F)(F)F)c2)CC1. The maximum atomic E-state index is 12.9. The highest BCUT2D eigenvalue weighted by Crippen LogP contribution is 2.29. The Balaban J connectivity index is 1.47. The van der Waals surface area contributed by atoms with Crippen LogP contribution >= 0.6 is 0 Å². The number of β-amino-alcohol motifs (C(OH)–C–C–N with tert-alkyl or cyclic N) is 1. The molecular weight excluding hydrogens is 489 g/mol. The highest BCUT2D eigenvalue weighted by molar-refractivity contribution is 5.25. The summed E-state index contributed by atoms with van der Waals surface area (Å²) in [4.78, 5) is 4.28. The predicted molar refractivity (Wildman–Crippen MR) is 150 cm³/mol. The normalized spacial score (nSPS) is 17.1. The van der Waals surface area contributed by atoms with E-state index in [9.17, 15) is 23.4 Å². The van der Waals surface area contributed by atoms with Gasteiger partial charge >= 0.3 is 6.18 Å². The molecule has 1 aliphatic heterocycles. The van der Waals surface area contributed by atoms with Gasteiger partial charge in [-0.05, 0) is 18.1 Å². The summed E-state index contributed by atoms with van der Waals surface area (Å²) in [5, 5.41) is 20.9. The maximum Gasteiger partial charge on any atom is 0.416 e. The number of hydrogen-bond acceptors (Lipinski definition) is 4. The molecule has 0 amide bonds. The van der Waals surface area contributed by atoms with Crippen molar-refractivity contribution in [1.29, 1.82) is 0 Å². The molecule has 0 aliphatic carbocycles. The highest BCUT2D eigenvalue weighted by atomic mass is 19.4. The van der Waals surface area contributed by atoms with Gasteiger partial charge in [0.25, 0.3) is 0 Å². The number of nitrogens with zero attached hydrogens (tertiary/aromatic N) is 2. The van der Waals surface area contributed by atoms with Crippen molar-refractivity contribution < 1.29 is 23.4 Å². The zero-order chi connectivity index (χ0) is 27.6. The predicted octanol–water partition coefficient (Wildman–Crippen LogP) is 7.42. The first-order chi connectivity index (χ1) is 18.3. The van der Waals surface area contributed by atoms with Gasteiger partial charge in [0.2, 0.25) is 0 Å². The van der Waals surface area contributed by atoms with Crippen LogP contribution in [-0.2, 0) is 12.7 Å². The van der Waals surface area contributed by atoms with E-state index in [-0.39, 0.29) is 0 Å². The van der Waals surface area contributed by atoms with E-state index in [1.165, 1.54) is 89.2 Å². The zero-order valence-electron chi connectivity index (χ0n) is 23.7. The second kappa shape index (κ2) is 19.0. The Labute approximate surface area is 229 Å². The van der Waals surface area contributed by atoms with Gasteiger partial charge in [-0.25, -0.2) is 0 Å². The summed E-state index contributed by atoms with van der Waals surface area (Å²) >= 11 is 0. The van der Waals surface area contributed by atoms with Gasteiger partial charge in [-0.3, -0.25) is 9.80 Å². The second-order valence-corrected chi connectivity index (χ2v) is 11.3. The minimum Gasteiger partial charge on any atom is -0.390 e. The smallest absolute Gasteiger partial charge is 0.390 e. The molecule has 0 saturated carbocycles. The van der Waals surface area contributed by atoms with E-state index in [0.717, 1.165) is 45.1 Å². The molecule has 0 aromatic heterocycles. The molecule has 220 valence electrons. The van der Waals surface area contributed by atoms with Crippen LogP contribution in [0.5, 0.6) is 0 Å². The van der Waals surface area contributed by atoms with Gasteiger partial charge in [0, 0.05) is 39.3 Å². The number of aliphatic hydroxyl groups is 2. The molecule has 1 saturated heterocycles. The topological polar surface area (TPSA) is 46.9 Å². The van der Waals surface area contributed by atoms with Crippen molar-refractivity contribution in [3.63, 3.8) is 0 Å². The lowest BCUT2D eigenvalue weighted by molar-refractivity contribution is -0.137. The van der Waals surface area contributed by atoms with E-state index in [1.807, 2.05) is 0 Å². The van der Waals surface area contributed by atoms with Crippen LogP contribution in [0, 0.1) is 0 Å². The fourth-order valence-corrected chi connectivity index (χ4v) is 5.36. The van der Waals surface area contributed by atoms with E-state index in [1.54, 1.807) is 6.07 Å². The van der Waals surface area contributed by atoms with Crippen molar-refractivity contribution in [3.8, 4) is 0 Å². The Morgan fingerprint density at radius 2 is 1.21 bits per heavy atom. The van der Waals surface area contributed by atoms with E-state index in [4.69, 9.17) is 0 Å². The monoisotopic (exact) mass is 542 g/mol. The van der Waals surface area contributed by atoms with Crippen LogP contribution in [0.4, 0.5) is 13.2 Å². The number of aliphatic hydroxyl groups excluding tert-OH is 2. The molecule has 7 heteroatoms. The minimum atomic E-state index is -4.32. The Bertz CT molecular complexity index is 723. The molecule has 0 spiro atoms. The van der Waals surface area contributed by atoms with Gasteiger partial charge in [-0.2, -0.15) is 13.2 Å².